The summed E-state index contributed by atoms with van der Waals surface area (Å²) < 4.78 is 0. The number of rotatable bonds is 1. The van der Waals surface area contributed by atoms with E-state index in [4.69, 9.17) is 0 Å². The fraction of sp³-hybridized carbons (Fsp3) is 1.00. The summed E-state index contributed by atoms with van der Waals surface area (Å²) in [4.78, 5) is 0. The van der Waals surface area contributed by atoms with Crippen molar-refractivity contribution in [2.45, 2.75) is 105 Å². The summed E-state index contributed by atoms with van der Waals surface area (Å²) in [6.45, 7) is 11.8. The Bertz CT molecular complexity index is 399. The van der Waals surface area contributed by atoms with Crippen LogP contribution in [0.4, 0.5) is 0 Å². The average molecular weight is 319 g/mol. The molecule has 0 radical (unpaired) electrons. The Balaban J connectivity index is 0.000000753. The second-order valence-corrected chi connectivity index (χ2v) is 9.63. The van der Waals surface area contributed by atoms with Gasteiger partial charge < -0.3 is 0 Å². The van der Waals surface area contributed by atoms with Crippen LogP contribution in [-0.4, -0.2) is 0 Å². The summed E-state index contributed by atoms with van der Waals surface area (Å²) in [7, 11) is 0. The first-order chi connectivity index (χ1) is 11.1. The predicted molar refractivity (Wildman–Crippen MR) is 101 cm³/mol. The zero-order chi connectivity index (χ0) is 16.7. The topological polar surface area (TPSA) is 0 Å². The minimum absolute atomic E-state index is 0.716. The number of fused-ring (bicyclic) bond motifs is 5. The molecule has 7 unspecified atom stereocenters. The van der Waals surface area contributed by atoms with Crippen molar-refractivity contribution in [3.8, 4) is 0 Å². The number of hydrogen-bond donors (Lipinski definition) is 0. The van der Waals surface area contributed by atoms with Crippen LogP contribution < -0.4 is 0 Å². The molecule has 0 aliphatic heterocycles. The maximum atomic E-state index is 2.71. The van der Waals surface area contributed by atoms with Crippen LogP contribution >= 0.6 is 0 Å². The highest BCUT2D eigenvalue weighted by atomic mass is 14.6. The highest BCUT2D eigenvalue weighted by Crippen LogP contribution is 2.67. The van der Waals surface area contributed by atoms with Crippen molar-refractivity contribution in [2.24, 2.45) is 40.4 Å². The molecule has 4 fully saturated rings. The summed E-state index contributed by atoms with van der Waals surface area (Å²) >= 11 is 0. The first-order valence-corrected chi connectivity index (χ1v) is 11.1. The first kappa shape index (κ1) is 17.8. The lowest BCUT2D eigenvalue weighted by Crippen LogP contribution is -2.52. The van der Waals surface area contributed by atoms with Crippen molar-refractivity contribution in [3.63, 3.8) is 0 Å². The SMILES string of the molecule is CC.CCC1CCC2C3CCC4CCCCC4(C)C3CCC12C. The van der Waals surface area contributed by atoms with Gasteiger partial charge in [-0.3, -0.25) is 0 Å². The molecule has 0 aromatic rings. The predicted octanol–water partition coefficient (Wildman–Crippen LogP) is 7.47. The molecule has 0 aromatic heterocycles. The molecule has 4 rings (SSSR count). The fourth-order valence-electron chi connectivity index (χ4n) is 8.07. The summed E-state index contributed by atoms with van der Waals surface area (Å²) in [5.74, 6) is 5.39. The normalized spacial score (nSPS) is 51.8. The van der Waals surface area contributed by atoms with Crippen molar-refractivity contribution in [1.82, 2.24) is 0 Å². The van der Waals surface area contributed by atoms with Gasteiger partial charge >= 0.3 is 0 Å². The lowest BCUT2D eigenvalue weighted by Gasteiger charge is -2.60. The highest BCUT2D eigenvalue weighted by molar-refractivity contribution is 5.08. The lowest BCUT2D eigenvalue weighted by atomic mass is 9.45. The Morgan fingerprint density at radius 3 is 2.22 bits per heavy atom. The Hall–Kier alpha value is 0. The third-order valence-corrected chi connectivity index (χ3v) is 9.27. The Labute approximate surface area is 146 Å². The van der Waals surface area contributed by atoms with E-state index in [1.165, 1.54) is 19.3 Å². The molecular formula is C23H42. The van der Waals surface area contributed by atoms with E-state index in [9.17, 15) is 0 Å². The molecule has 0 heterocycles. The second kappa shape index (κ2) is 6.72. The van der Waals surface area contributed by atoms with E-state index < -0.39 is 0 Å². The van der Waals surface area contributed by atoms with Crippen molar-refractivity contribution in [2.75, 3.05) is 0 Å². The summed E-state index contributed by atoms with van der Waals surface area (Å²) in [5.41, 5.74) is 1.45. The van der Waals surface area contributed by atoms with Crippen molar-refractivity contribution in [1.29, 1.82) is 0 Å². The Morgan fingerprint density at radius 2 is 1.48 bits per heavy atom. The molecule has 4 aliphatic rings. The smallest absolute Gasteiger partial charge is 0.0266 e. The van der Waals surface area contributed by atoms with Gasteiger partial charge in [-0.15, -0.1) is 0 Å². The van der Waals surface area contributed by atoms with E-state index in [1.807, 2.05) is 13.8 Å². The minimum atomic E-state index is 0.716. The molecule has 0 amide bonds. The molecule has 4 aliphatic carbocycles. The molecule has 7 atom stereocenters. The van der Waals surface area contributed by atoms with E-state index in [0.717, 1.165) is 35.0 Å². The van der Waals surface area contributed by atoms with Crippen molar-refractivity contribution in [3.05, 3.63) is 0 Å². The highest BCUT2D eigenvalue weighted by Gasteiger charge is 2.59. The molecule has 0 bridgehead atoms. The second-order valence-electron chi connectivity index (χ2n) is 9.63. The van der Waals surface area contributed by atoms with Gasteiger partial charge in [0.2, 0.25) is 0 Å². The van der Waals surface area contributed by atoms with Crippen LogP contribution in [0.25, 0.3) is 0 Å². The molecule has 4 saturated carbocycles. The largest absolute Gasteiger partial charge is 0.0683 e. The van der Waals surface area contributed by atoms with Crippen LogP contribution in [0.1, 0.15) is 105 Å². The van der Waals surface area contributed by atoms with E-state index in [1.54, 1.807) is 51.4 Å². The van der Waals surface area contributed by atoms with E-state index >= 15 is 0 Å². The van der Waals surface area contributed by atoms with Crippen LogP contribution in [0.3, 0.4) is 0 Å². The van der Waals surface area contributed by atoms with Crippen molar-refractivity contribution >= 4 is 0 Å². The van der Waals surface area contributed by atoms with Crippen LogP contribution in [0.5, 0.6) is 0 Å². The average Bonchev–Trinajstić information content (AvgIpc) is 2.92. The third-order valence-electron chi connectivity index (χ3n) is 9.27. The van der Waals surface area contributed by atoms with Gasteiger partial charge in [-0.25, -0.2) is 0 Å². The van der Waals surface area contributed by atoms with E-state index in [2.05, 4.69) is 20.8 Å². The zero-order valence-corrected chi connectivity index (χ0v) is 16.7. The Kier molecular flexibility index (Phi) is 5.20. The van der Waals surface area contributed by atoms with Gasteiger partial charge in [0.05, 0.1) is 0 Å². The van der Waals surface area contributed by atoms with Gasteiger partial charge in [0.1, 0.15) is 0 Å². The standard InChI is InChI=1S/C21H36.C2H6/c1-4-15-9-11-18-17-10-8-16-7-5-6-13-20(16,2)19(17)12-14-21(15,18)3;1-2/h15-19H,4-14H2,1-3H3;1-2H3. The fourth-order valence-corrected chi connectivity index (χ4v) is 8.07. The van der Waals surface area contributed by atoms with Gasteiger partial charge in [0.25, 0.3) is 0 Å². The van der Waals surface area contributed by atoms with E-state index in [-0.39, 0.29) is 0 Å². The van der Waals surface area contributed by atoms with Gasteiger partial charge in [-0.1, -0.05) is 53.9 Å². The molecule has 0 saturated heterocycles. The molecule has 134 valence electrons. The molecule has 23 heavy (non-hydrogen) atoms. The first-order valence-electron chi connectivity index (χ1n) is 11.1. The van der Waals surface area contributed by atoms with Gasteiger partial charge in [-0.2, -0.15) is 0 Å². The molecular weight excluding hydrogens is 276 g/mol. The zero-order valence-electron chi connectivity index (χ0n) is 16.7. The minimum Gasteiger partial charge on any atom is -0.0683 e. The molecule has 0 heteroatoms. The molecule has 0 aromatic carbocycles. The third kappa shape index (κ3) is 2.62. The van der Waals surface area contributed by atoms with Crippen LogP contribution in [-0.2, 0) is 0 Å². The molecule has 0 spiro atoms. The maximum Gasteiger partial charge on any atom is -0.0266 e. The maximum absolute atomic E-state index is 2.71. The van der Waals surface area contributed by atoms with Crippen molar-refractivity contribution < 1.29 is 0 Å². The summed E-state index contributed by atoms with van der Waals surface area (Å²) in [6, 6.07) is 0. The van der Waals surface area contributed by atoms with Crippen LogP contribution in [0.15, 0.2) is 0 Å². The molecule has 0 N–H and O–H groups in total. The van der Waals surface area contributed by atoms with E-state index in [0.29, 0.717) is 5.41 Å². The van der Waals surface area contributed by atoms with Gasteiger partial charge in [0, 0.05) is 0 Å². The summed E-state index contributed by atoms with van der Waals surface area (Å²) in [5, 5.41) is 0. The summed E-state index contributed by atoms with van der Waals surface area (Å²) in [6.07, 6.45) is 17.0. The van der Waals surface area contributed by atoms with Gasteiger partial charge in [-0.05, 0) is 91.8 Å². The number of hydrogen-bond acceptors (Lipinski definition) is 0. The molecule has 0 nitrogen and oxygen atoms in total. The van der Waals surface area contributed by atoms with Crippen LogP contribution in [0, 0.1) is 40.4 Å². The van der Waals surface area contributed by atoms with Gasteiger partial charge in [0.15, 0.2) is 0 Å². The lowest BCUT2D eigenvalue weighted by molar-refractivity contribution is -0.110. The monoisotopic (exact) mass is 318 g/mol. The Morgan fingerprint density at radius 1 is 0.739 bits per heavy atom. The quantitative estimate of drug-likeness (QED) is 0.470. The van der Waals surface area contributed by atoms with Crippen LogP contribution in [0.2, 0.25) is 0 Å².